The van der Waals surface area contributed by atoms with Crippen LogP contribution in [0.4, 0.5) is 10.2 Å². The number of carboxylic acid groups (broad SMARTS) is 1. The average molecular weight is 391 g/mol. The number of thiazole rings is 1. The molecular weight excluding hydrogens is 377 g/mol. The minimum atomic E-state index is -1.45. The Bertz CT molecular complexity index is 1040. The van der Waals surface area contributed by atoms with E-state index in [1.807, 2.05) is 0 Å². The summed E-state index contributed by atoms with van der Waals surface area (Å²) in [4.78, 5) is 36.6. The first kappa shape index (κ1) is 18.5. The Labute approximate surface area is 155 Å². The zero-order chi connectivity index (χ0) is 19.6. The molecule has 0 unspecified atom stereocenters. The summed E-state index contributed by atoms with van der Waals surface area (Å²) in [6.45, 7) is 0.179. The number of nitrogens with zero attached hydrogens (tertiary/aromatic N) is 4. The van der Waals surface area contributed by atoms with Gasteiger partial charge in [0.05, 0.1) is 23.5 Å². The molecular formula is C16H14FN5O4S. The summed E-state index contributed by atoms with van der Waals surface area (Å²) < 4.78 is 15.9. The molecule has 0 spiro atoms. The van der Waals surface area contributed by atoms with Crippen molar-refractivity contribution in [2.45, 2.75) is 6.42 Å². The van der Waals surface area contributed by atoms with Gasteiger partial charge < -0.3 is 15.7 Å². The summed E-state index contributed by atoms with van der Waals surface area (Å²) in [5.74, 6) is -2.37. The van der Waals surface area contributed by atoms with Crippen LogP contribution in [0.1, 0.15) is 22.3 Å². The molecule has 0 atom stereocenters. The third-order valence-corrected chi connectivity index (χ3v) is 4.50. The van der Waals surface area contributed by atoms with Crippen LogP contribution in [0.15, 0.2) is 38.5 Å². The number of rotatable bonds is 5. The molecule has 9 nitrogen and oxygen atoms in total. The van der Waals surface area contributed by atoms with Crippen LogP contribution in [0.3, 0.4) is 0 Å². The van der Waals surface area contributed by atoms with Crippen LogP contribution in [0, 0.1) is 0 Å². The van der Waals surface area contributed by atoms with E-state index in [-0.39, 0.29) is 30.1 Å². The van der Waals surface area contributed by atoms with Gasteiger partial charge in [-0.1, -0.05) is 5.16 Å². The summed E-state index contributed by atoms with van der Waals surface area (Å²) in [5.41, 5.74) is 4.88. The highest BCUT2D eigenvalue weighted by Crippen LogP contribution is 2.22. The van der Waals surface area contributed by atoms with Crippen LogP contribution < -0.4 is 11.2 Å². The highest BCUT2D eigenvalue weighted by Gasteiger charge is 2.22. The van der Waals surface area contributed by atoms with Gasteiger partial charge in [-0.2, -0.15) is 0 Å². The van der Waals surface area contributed by atoms with Crippen molar-refractivity contribution in [1.29, 1.82) is 0 Å². The van der Waals surface area contributed by atoms with Crippen LogP contribution in [0.2, 0.25) is 0 Å². The molecule has 0 fully saturated rings. The molecule has 1 aliphatic heterocycles. The minimum absolute atomic E-state index is 0.0751. The molecule has 3 heterocycles. The predicted octanol–water partition coefficient (Wildman–Crippen LogP) is 1.73. The minimum Gasteiger partial charge on any atom is -0.477 e. The third kappa shape index (κ3) is 3.62. The second kappa shape index (κ2) is 7.50. The number of oxime groups is 1. The first-order valence-corrected chi connectivity index (χ1v) is 8.48. The van der Waals surface area contributed by atoms with Gasteiger partial charge in [0.15, 0.2) is 5.13 Å². The van der Waals surface area contributed by atoms with Crippen LogP contribution in [0.5, 0.6) is 0 Å². The van der Waals surface area contributed by atoms with E-state index in [0.717, 1.165) is 12.3 Å². The van der Waals surface area contributed by atoms with Gasteiger partial charge in [-0.3, -0.25) is 14.4 Å². The van der Waals surface area contributed by atoms with E-state index in [0.29, 0.717) is 10.8 Å². The molecule has 11 heteroatoms. The maximum absolute atomic E-state index is 14.6. The molecule has 3 rings (SSSR count). The van der Waals surface area contributed by atoms with E-state index in [1.54, 1.807) is 5.38 Å². The van der Waals surface area contributed by atoms with Gasteiger partial charge in [-0.15, -0.1) is 11.3 Å². The smallest absolute Gasteiger partial charge is 0.341 e. The van der Waals surface area contributed by atoms with Gasteiger partial charge in [0.2, 0.25) is 5.43 Å². The predicted molar refractivity (Wildman–Crippen MR) is 99.5 cm³/mol. The van der Waals surface area contributed by atoms with Crippen LogP contribution in [-0.4, -0.2) is 45.7 Å². The number of anilines is 1. The lowest BCUT2D eigenvalue weighted by molar-refractivity contribution is 0.0695. The standard InChI is InChI=1S/C16H14FN5O4S/c1-26-21-8-4-12(20-6-8)11(17)5-9-13(23)10(15(24)25)7-22(14(9)18)16-19-2-3-27-16/h2-3,5,7H,4,6,18H2,1H3,(H,24,25)/b11-5?,21-8+. The SMILES string of the molecule is CO/N=C1/CN=C(C(F)=Cc2c(N)n(-c3nccs3)cc(C(=O)O)c2=O)C1. The van der Waals surface area contributed by atoms with Gasteiger partial charge in [-0.25, -0.2) is 14.2 Å². The molecule has 0 saturated heterocycles. The normalized spacial score (nSPS) is 15.9. The largest absolute Gasteiger partial charge is 0.477 e. The number of carbonyl (C=O) groups is 1. The summed E-state index contributed by atoms with van der Waals surface area (Å²) >= 11 is 1.18. The topological polar surface area (TPSA) is 132 Å². The molecule has 2 aromatic rings. The number of allylic oxidation sites excluding steroid dienone is 1. The maximum Gasteiger partial charge on any atom is 0.341 e. The van der Waals surface area contributed by atoms with Crippen molar-refractivity contribution in [2.24, 2.45) is 10.1 Å². The van der Waals surface area contributed by atoms with Crippen LogP contribution in [-0.2, 0) is 4.84 Å². The van der Waals surface area contributed by atoms with Gasteiger partial charge >= 0.3 is 5.97 Å². The zero-order valence-corrected chi connectivity index (χ0v) is 14.9. The number of hydrogen-bond acceptors (Lipinski definition) is 8. The summed E-state index contributed by atoms with van der Waals surface area (Å²) in [7, 11) is 1.37. The number of hydrogen-bond donors (Lipinski definition) is 2. The second-order valence-electron chi connectivity index (χ2n) is 5.43. The van der Waals surface area contributed by atoms with E-state index in [9.17, 15) is 19.1 Å². The van der Waals surface area contributed by atoms with Crippen molar-refractivity contribution in [2.75, 3.05) is 19.4 Å². The van der Waals surface area contributed by atoms with Crippen molar-refractivity contribution >= 4 is 40.6 Å². The number of nitrogens with two attached hydrogens (primary N) is 1. The molecule has 27 heavy (non-hydrogen) atoms. The first-order chi connectivity index (χ1) is 12.9. The molecule has 0 aromatic carbocycles. The van der Waals surface area contributed by atoms with Crippen molar-refractivity contribution < 1.29 is 19.1 Å². The quantitative estimate of drug-likeness (QED) is 0.746. The average Bonchev–Trinajstić information content (AvgIpc) is 3.30. The maximum atomic E-state index is 14.6. The first-order valence-electron chi connectivity index (χ1n) is 7.60. The lowest BCUT2D eigenvalue weighted by Crippen LogP contribution is -2.23. The Hall–Kier alpha value is -3.34. The van der Waals surface area contributed by atoms with Crippen LogP contribution >= 0.6 is 11.3 Å². The van der Waals surface area contributed by atoms with Gasteiger partial charge in [0.1, 0.15) is 24.3 Å². The summed E-state index contributed by atoms with van der Waals surface area (Å²) in [5, 5.41) is 15.0. The lowest BCUT2D eigenvalue weighted by atomic mass is 10.1. The molecule has 2 aromatic heterocycles. The van der Waals surface area contributed by atoms with E-state index in [1.165, 1.54) is 29.2 Å². The number of halogens is 1. The van der Waals surface area contributed by atoms with Gasteiger partial charge in [0, 0.05) is 24.2 Å². The number of pyridine rings is 1. The Morgan fingerprint density at radius 1 is 1.56 bits per heavy atom. The van der Waals surface area contributed by atoms with Crippen molar-refractivity contribution in [3.05, 3.63) is 45.0 Å². The Balaban J connectivity index is 2.11. The number of aliphatic imine (C=N–C) groups is 1. The van der Waals surface area contributed by atoms with Gasteiger partial charge in [-0.05, 0) is 6.08 Å². The Morgan fingerprint density at radius 3 is 2.96 bits per heavy atom. The molecule has 0 radical (unpaired) electrons. The molecule has 1 aliphatic rings. The van der Waals surface area contributed by atoms with Crippen LogP contribution in [0.25, 0.3) is 11.2 Å². The van der Waals surface area contributed by atoms with E-state index >= 15 is 0 Å². The monoisotopic (exact) mass is 391 g/mol. The van der Waals surface area contributed by atoms with Crippen molar-refractivity contribution in [1.82, 2.24) is 9.55 Å². The Kier molecular flexibility index (Phi) is 5.12. The van der Waals surface area contributed by atoms with Crippen molar-refractivity contribution in [3.8, 4) is 5.13 Å². The van der Waals surface area contributed by atoms with E-state index in [2.05, 4.69) is 20.0 Å². The van der Waals surface area contributed by atoms with Gasteiger partial charge in [0.25, 0.3) is 0 Å². The molecule has 140 valence electrons. The fourth-order valence-corrected chi connectivity index (χ4v) is 3.12. The Morgan fingerprint density at radius 2 is 2.33 bits per heavy atom. The highest BCUT2D eigenvalue weighted by atomic mass is 32.1. The third-order valence-electron chi connectivity index (χ3n) is 3.73. The molecule has 3 N–H and O–H groups in total. The van der Waals surface area contributed by atoms with E-state index < -0.39 is 22.8 Å². The molecule has 0 saturated carbocycles. The molecule has 0 aliphatic carbocycles. The number of nitrogen functional groups attached to an aromatic ring is 1. The van der Waals surface area contributed by atoms with E-state index in [4.69, 9.17) is 5.73 Å². The lowest BCUT2D eigenvalue weighted by Gasteiger charge is -2.11. The summed E-state index contributed by atoms with van der Waals surface area (Å²) in [6.07, 6.45) is 3.58. The number of carboxylic acids is 1. The fraction of sp³-hybridized carbons (Fsp3) is 0.188. The summed E-state index contributed by atoms with van der Waals surface area (Å²) in [6, 6.07) is 0. The van der Waals surface area contributed by atoms with Crippen molar-refractivity contribution in [3.63, 3.8) is 0 Å². The molecule has 0 amide bonds. The zero-order valence-electron chi connectivity index (χ0n) is 14.0. The second-order valence-corrected chi connectivity index (χ2v) is 6.31. The number of aromatic carboxylic acids is 1. The number of aromatic nitrogens is 2. The fourth-order valence-electron chi connectivity index (χ4n) is 2.49. The highest BCUT2D eigenvalue weighted by molar-refractivity contribution is 7.12. The molecule has 0 bridgehead atoms.